The number of nitrogens with one attached hydrogen (secondary N) is 3. The molecule has 0 spiro atoms. The Kier molecular flexibility index (Phi) is 9.81. The molecule has 130 valence electrons. The lowest BCUT2D eigenvalue weighted by molar-refractivity contribution is -0.130. The van der Waals surface area contributed by atoms with Gasteiger partial charge in [0.1, 0.15) is 18.3 Å². The molecule has 0 aromatic heterocycles. The normalized spacial score (nSPS) is 18.0. The molecule has 5 atom stereocenters. The molecule has 0 aliphatic rings. The van der Waals surface area contributed by atoms with Crippen molar-refractivity contribution >= 4 is 11.8 Å². The van der Waals surface area contributed by atoms with Crippen LogP contribution in [0.5, 0.6) is 0 Å². The van der Waals surface area contributed by atoms with E-state index in [0.717, 1.165) is 0 Å². The molecule has 2 amide bonds. The molecule has 0 rings (SSSR count). The van der Waals surface area contributed by atoms with Crippen molar-refractivity contribution in [3.63, 3.8) is 0 Å². The van der Waals surface area contributed by atoms with Gasteiger partial charge >= 0.3 is 0 Å². The zero-order valence-electron chi connectivity index (χ0n) is 12.6. The Morgan fingerprint density at radius 3 is 2.00 bits per heavy atom. The fourth-order valence-electron chi connectivity index (χ4n) is 1.66. The van der Waals surface area contributed by atoms with Crippen molar-refractivity contribution in [3.8, 4) is 0 Å². The number of likely N-dealkylation sites (N-methyl/N-ethyl adjacent to an activating group) is 2. The van der Waals surface area contributed by atoms with Crippen LogP contribution in [0.15, 0.2) is 0 Å². The summed E-state index contributed by atoms with van der Waals surface area (Å²) in [5.74, 6) is -0.925. The van der Waals surface area contributed by atoms with Crippen LogP contribution in [0.2, 0.25) is 0 Å². The molecule has 0 saturated heterocycles. The predicted octanol–water partition coefficient (Wildman–Crippen LogP) is -4.74. The predicted molar refractivity (Wildman–Crippen MR) is 75.7 cm³/mol. The van der Waals surface area contributed by atoms with Crippen LogP contribution < -0.4 is 16.0 Å². The Morgan fingerprint density at radius 2 is 1.55 bits per heavy atom. The van der Waals surface area contributed by atoms with E-state index in [1.165, 1.54) is 14.1 Å². The summed E-state index contributed by atoms with van der Waals surface area (Å²) in [6.45, 7) is -1.17. The third-order valence-electron chi connectivity index (χ3n) is 3.13. The van der Waals surface area contributed by atoms with Crippen molar-refractivity contribution in [2.75, 3.05) is 27.2 Å². The minimum atomic E-state index is -1.76. The van der Waals surface area contributed by atoms with E-state index >= 15 is 0 Å². The summed E-state index contributed by atoms with van der Waals surface area (Å²) in [6.07, 6.45) is -6.84. The molecular formula is C12H25N3O7. The van der Waals surface area contributed by atoms with Gasteiger partial charge in [0.15, 0.2) is 0 Å². The van der Waals surface area contributed by atoms with Crippen LogP contribution in [-0.4, -0.2) is 95.1 Å². The van der Waals surface area contributed by atoms with E-state index in [4.69, 9.17) is 10.2 Å². The highest BCUT2D eigenvalue weighted by atomic mass is 16.4. The van der Waals surface area contributed by atoms with Crippen molar-refractivity contribution < 1.29 is 35.1 Å². The fraction of sp³-hybridized carbons (Fsp3) is 0.833. The van der Waals surface area contributed by atoms with Crippen molar-refractivity contribution in [3.05, 3.63) is 0 Å². The molecule has 8 N–H and O–H groups in total. The first kappa shape index (κ1) is 20.7. The number of hydrogen-bond donors (Lipinski definition) is 8. The highest BCUT2D eigenvalue weighted by Gasteiger charge is 2.30. The third kappa shape index (κ3) is 6.64. The molecule has 0 fully saturated rings. The van der Waals surface area contributed by atoms with Gasteiger partial charge in [-0.3, -0.25) is 9.59 Å². The first-order chi connectivity index (χ1) is 10.3. The molecule has 0 unspecified atom stereocenters. The molecular weight excluding hydrogens is 298 g/mol. The standard InChI is InChI=1S/C12H25N3O7/c1-13-6(12(22)14-2)3-9(19)15-4-7(17)10(20)11(21)8(18)5-16/h6-8,10-11,13,16-18,20-21H,3-5H2,1-2H3,(H,14,22)(H,15,19)/t6-,7-,8+,10+,11+/m0/s1. The molecule has 0 bridgehead atoms. The second-order valence-electron chi connectivity index (χ2n) is 4.76. The van der Waals surface area contributed by atoms with Gasteiger partial charge in [-0.25, -0.2) is 0 Å². The van der Waals surface area contributed by atoms with Gasteiger partial charge in [-0.05, 0) is 7.05 Å². The zero-order chi connectivity index (χ0) is 17.3. The minimum Gasteiger partial charge on any atom is -0.394 e. The summed E-state index contributed by atoms with van der Waals surface area (Å²) in [6, 6.07) is -0.742. The number of aliphatic hydroxyl groups excluding tert-OH is 5. The van der Waals surface area contributed by atoms with E-state index in [-0.39, 0.29) is 18.9 Å². The zero-order valence-corrected chi connectivity index (χ0v) is 12.6. The highest BCUT2D eigenvalue weighted by molar-refractivity contribution is 5.88. The molecule has 0 saturated carbocycles. The molecule has 0 aliphatic carbocycles. The largest absolute Gasteiger partial charge is 0.394 e. The summed E-state index contributed by atoms with van der Waals surface area (Å²) >= 11 is 0. The molecule has 10 heteroatoms. The van der Waals surface area contributed by atoms with Gasteiger partial charge in [0, 0.05) is 13.6 Å². The Bertz CT molecular complexity index is 356. The lowest BCUT2D eigenvalue weighted by atomic mass is 10.0. The molecule has 0 radical (unpaired) electrons. The number of rotatable bonds is 10. The van der Waals surface area contributed by atoms with E-state index < -0.39 is 43.0 Å². The second kappa shape index (κ2) is 10.4. The van der Waals surface area contributed by atoms with Gasteiger partial charge in [-0.2, -0.15) is 0 Å². The van der Waals surface area contributed by atoms with E-state index in [0.29, 0.717) is 0 Å². The third-order valence-corrected chi connectivity index (χ3v) is 3.13. The summed E-state index contributed by atoms with van der Waals surface area (Å²) in [5, 5.41) is 53.7. The van der Waals surface area contributed by atoms with Gasteiger partial charge in [-0.15, -0.1) is 0 Å². The average Bonchev–Trinajstić information content (AvgIpc) is 2.54. The molecule has 22 heavy (non-hydrogen) atoms. The fourth-order valence-corrected chi connectivity index (χ4v) is 1.66. The van der Waals surface area contributed by atoms with Crippen LogP contribution in [0, 0.1) is 0 Å². The number of hydrogen-bond acceptors (Lipinski definition) is 8. The molecule has 0 aromatic carbocycles. The smallest absolute Gasteiger partial charge is 0.237 e. The van der Waals surface area contributed by atoms with Gasteiger partial charge < -0.3 is 41.5 Å². The van der Waals surface area contributed by atoms with Crippen LogP contribution in [0.3, 0.4) is 0 Å². The van der Waals surface area contributed by atoms with Crippen LogP contribution in [0.1, 0.15) is 6.42 Å². The summed E-state index contributed by atoms with van der Waals surface area (Å²) in [7, 11) is 2.94. The Labute approximate surface area is 128 Å². The maximum absolute atomic E-state index is 11.6. The number of amides is 2. The lowest BCUT2D eigenvalue weighted by Gasteiger charge is -2.25. The maximum Gasteiger partial charge on any atom is 0.237 e. The van der Waals surface area contributed by atoms with Gasteiger partial charge in [0.25, 0.3) is 0 Å². The van der Waals surface area contributed by atoms with Crippen molar-refractivity contribution in [1.29, 1.82) is 0 Å². The van der Waals surface area contributed by atoms with Gasteiger partial charge in [0.05, 0.1) is 25.2 Å². The van der Waals surface area contributed by atoms with Crippen LogP contribution in [0.25, 0.3) is 0 Å². The first-order valence-electron chi connectivity index (χ1n) is 6.77. The molecule has 0 aromatic rings. The van der Waals surface area contributed by atoms with Crippen molar-refractivity contribution in [1.82, 2.24) is 16.0 Å². The van der Waals surface area contributed by atoms with Gasteiger partial charge in [-0.1, -0.05) is 0 Å². The van der Waals surface area contributed by atoms with E-state index in [1.807, 2.05) is 0 Å². The van der Waals surface area contributed by atoms with E-state index in [2.05, 4.69) is 16.0 Å². The Hall–Kier alpha value is -1.30. The van der Waals surface area contributed by atoms with E-state index in [1.54, 1.807) is 0 Å². The molecule has 0 aliphatic heterocycles. The SMILES string of the molecule is CNC(=O)[C@H](CC(=O)NC[C@H](O)[C@@H](O)[C@H](O)[C@H](O)CO)NC. The topological polar surface area (TPSA) is 171 Å². The number of carbonyl (C=O) groups excluding carboxylic acids is 2. The van der Waals surface area contributed by atoms with Gasteiger partial charge in [0.2, 0.25) is 11.8 Å². The molecule has 0 heterocycles. The number of aliphatic hydroxyl groups is 5. The van der Waals surface area contributed by atoms with Crippen LogP contribution in [0.4, 0.5) is 0 Å². The van der Waals surface area contributed by atoms with Crippen LogP contribution in [-0.2, 0) is 9.59 Å². The lowest BCUT2D eigenvalue weighted by Crippen LogP contribution is -2.50. The quantitative estimate of drug-likeness (QED) is 0.198. The highest BCUT2D eigenvalue weighted by Crippen LogP contribution is 2.04. The second-order valence-corrected chi connectivity index (χ2v) is 4.76. The molecule has 10 nitrogen and oxygen atoms in total. The van der Waals surface area contributed by atoms with Crippen molar-refractivity contribution in [2.24, 2.45) is 0 Å². The minimum absolute atomic E-state index is 0.180. The Morgan fingerprint density at radius 1 is 1.00 bits per heavy atom. The number of carbonyl (C=O) groups is 2. The summed E-state index contributed by atoms with van der Waals surface area (Å²) < 4.78 is 0. The van der Waals surface area contributed by atoms with Crippen LogP contribution >= 0.6 is 0 Å². The summed E-state index contributed by atoms with van der Waals surface area (Å²) in [4.78, 5) is 23.0. The summed E-state index contributed by atoms with van der Waals surface area (Å²) in [5.41, 5.74) is 0. The Balaban J connectivity index is 4.31. The monoisotopic (exact) mass is 323 g/mol. The van der Waals surface area contributed by atoms with Crippen molar-refractivity contribution in [2.45, 2.75) is 36.9 Å². The average molecular weight is 323 g/mol. The van der Waals surface area contributed by atoms with E-state index in [9.17, 15) is 24.9 Å². The first-order valence-corrected chi connectivity index (χ1v) is 6.77. The maximum atomic E-state index is 11.6.